The summed E-state index contributed by atoms with van der Waals surface area (Å²) in [5.41, 5.74) is 7.15. The third-order valence-corrected chi connectivity index (χ3v) is 5.33. The highest BCUT2D eigenvalue weighted by Crippen LogP contribution is 2.27. The van der Waals surface area contributed by atoms with Crippen molar-refractivity contribution in [3.63, 3.8) is 0 Å². The number of benzene rings is 3. The maximum Gasteiger partial charge on any atom is 0.160 e. The molecule has 0 aliphatic heterocycles. The van der Waals surface area contributed by atoms with Crippen LogP contribution in [0.1, 0.15) is 55.0 Å². The van der Waals surface area contributed by atoms with Gasteiger partial charge in [0.2, 0.25) is 0 Å². The van der Waals surface area contributed by atoms with Crippen LogP contribution in [-0.2, 0) is 5.41 Å². The van der Waals surface area contributed by atoms with Gasteiger partial charge in [-0.05, 0) is 52.8 Å². The smallest absolute Gasteiger partial charge is 0.160 e. The third-order valence-electron chi connectivity index (χ3n) is 5.33. The molecule has 3 aromatic carbocycles. The van der Waals surface area contributed by atoms with Crippen LogP contribution in [0, 0.1) is 0 Å². The first-order chi connectivity index (χ1) is 14.3. The van der Waals surface area contributed by atoms with E-state index >= 15 is 0 Å². The molecule has 4 rings (SSSR count). The molecule has 1 aromatic heterocycles. The summed E-state index contributed by atoms with van der Waals surface area (Å²) in [7, 11) is 0. The Labute approximate surface area is 177 Å². The Morgan fingerprint density at radius 3 is 2.37 bits per heavy atom. The Kier molecular flexibility index (Phi) is 5.13. The highest BCUT2D eigenvalue weighted by atomic mass is 16.1. The quantitative estimate of drug-likeness (QED) is 0.383. The van der Waals surface area contributed by atoms with Gasteiger partial charge in [-0.3, -0.25) is 4.79 Å². The van der Waals surface area contributed by atoms with Gasteiger partial charge in [-0.25, -0.2) is 4.98 Å². The minimum Gasteiger partial charge on any atom is -0.338 e. The van der Waals surface area contributed by atoms with Crippen molar-refractivity contribution in [3.05, 3.63) is 89.2 Å². The molecule has 4 aromatic rings. The second-order valence-electron chi connectivity index (χ2n) is 8.66. The fourth-order valence-corrected chi connectivity index (χ4v) is 3.59. The van der Waals surface area contributed by atoms with Crippen LogP contribution in [0.5, 0.6) is 0 Å². The maximum atomic E-state index is 12.0. The topological polar surface area (TPSA) is 45.8 Å². The average molecular weight is 395 g/mol. The van der Waals surface area contributed by atoms with Crippen LogP contribution in [0.15, 0.2) is 66.7 Å². The highest BCUT2D eigenvalue weighted by Gasteiger charge is 2.12. The number of H-pyrrole nitrogens is 1. The zero-order valence-electron chi connectivity index (χ0n) is 17.9. The summed E-state index contributed by atoms with van der Waals surface area (Å²) in [5, 5.41) is 0. The van der Waals surface area contributed by atoms with Gasteiger partial charge in [0, 0.05) is 5.56 Å². The molecular weight excluding hydrogens is 368 g/mol. The molecule has 150 valence electrons. The number of rotatable bonds is 4. The van der Waals surface area contributed by atoms with Crippen molar-refractivity contribution in [2.75, 3.05) is 0 Å². The molecule has 1 N–H and O–H groups in total. The number of nitrogens with zero attached hydrogens (tertiary/aromatic N) is 1. The maximum absolute atomic E-state index is 12.0. The van der Waals surface area contributed by atoms with Crippen LogP contribution in [0.2, 0.25) is 0 Å². The Balaban J connectivity index is 1.62. The molecule has 0 aliphatic carbocycles. The largest absolute Gasteiger partial charge is 0.338 e. The number of aromatic nitrogens is 2. The lowest BCUT2D eigenvalue weighted by molar-refractivity contribution is 0.101. The van der Waals surface area contributed by atoms with Crippen molar-refractivity contribution in [1.29, 1.82) is 0 Å². The number of ketones is 1. The van der Waals surface area contributed by atoms with Gasteiger partial charge >= 0.3 is 0 Å². The van der Waals surface area contributed by atoms with Crippen LogP contribution in [0.3, 0.4) is 0 Å². The normalized spacial score (nSPS) is 12.0. The molecule has 0 bridgehead atoms. The molecule has 0 fully saturated rings. The molecule has 0 saturated heterocycles. The van der Waals surface area contributed by atoms with E-state index in [1.807, 2.05) is 42.5 Å². The van der Waals surface area contributed by atoms with E-state index in [0.717, 1.165) is 39.1 Å². The lowest BCUT2D eigenvalue weighted by atomic mass is 9.87. The highest BCUT2D eigenvalue weighted by molar-refractivity contribution is 6.01. The van der Waals surface area contributed by atoms with Crippen molar-refractivity contribution in [2.45, 2.75) is 33.1 Å². The van der Waals surface area contributed by atoms with Crippen LogP contribution in [0.4, 0.5) is 0 Å². The molecule has 0 amide bonds. The SMILES string of the molecule is CC(=O)c1ccccc1-c1ccc2nc(/C=C/c3ccc(C(C)(C)C)cc3)[nH]c2c1. The summed E-state index contributed by atoms with van der Waals surface area (Å²) in [4.78, 5) is 20.0. The van der Waals surface area contributed by atoms with E-state index in [4.69, 9.17) is 0 Å². The number of carbonyl (C=O) groups is 1. The lowest BCUT2D eigenvalue weighted by Gasteiger charge is -2.18. The molecular formula is C27H26N2O. The Hall–Kier alpha value is -3.46. The van der Waals surface area contributed by atoms with Crippen LogP contribution < -0.4 is 0 Å². The predicted octanol–water partition coefficient (Wildman–Crippen LogP) is 6.90. The average Bonchev–Trinajstić information content (AvgIpc) is 3.14. The van der Waals surface area contributed by atoms with E-state index in [1.165, 1.54) is 5.56 Å². The Morgan fingerprint density at radius 1 is 0.933 bits per heavy atom. The van der Waals surface area contributed by atoms with Gasteiger partial charge in [0.25, 0.3) is 0 Å². The molecule has 30 heavy (non-hydrogen) atoms. The summed E-state index contributed by atoms with van der Waals surface area (Å²) < 4.78 is 0. The minimum absolute atomic E-state index is 0.0661. The van der Waals surface area contributed by atoms with Crippen LogP contribution in [0.25, 0.3) is 34.3 Å². The standard InChI is InChI=1S/C27H26N2O/c1-18(30)22-7-5-6-8-23(22)20-12-15-24-25(17-20)29-26(28-24)16-11-19-9-13-21(14-10-19)27(2,3)4/h5-17H,1-4H3,(H,28,29)/b16-11+. The number of imidazole rings is 1. The predicted molar refractivity (Wildman–Crippen MR) is 126 cm³/mol. The number of hydrogen-bond donors (Lipinski definition) is 1. The number of hydrogen-bond acceptors (Lipinski definition) is 2. The van der Waals surface area contributed by atoms with E-state index in [1.54, 1.807) is 6.92 Å². The number of fused-ring (bicyclic) bond motifs is 1. The van der Waals surface area contributed by atoms with Gasteiger partial charge in [0.1, 0.15) is 5.82 Å². The Morgan fingerprint density at radius 2 is 1.67 bits per heavy atom. The summed E-state index contributed by atoms with van der Waals surface area (Å²) in [6, 6.07) is 22.4. The second-order valence-corrected chi connectivity index (χ2v) is 8.66. The first-order valence-electron chi connectivity index (χ1n) is 10.2. The van der Waals surface area contributed by atoms with Crippen molar-refractivity contribution >= 4 is 29.0 Å². The molecule has 3 nitrogen and oxygen atoms in total. The first kappa shape index (κ1) is 19.8. The number of Topliss-reactive ketones (excluding diaryl/α,β-unsaturated/α-hetero) is 1. The second kappa shape index (κ2) is 7.75. The number of nitrogens with one attached hydrogen (secondary N) is 1. The third kappa shape index (κ3) is 4.11. The first-order valence-corrected chi connectivity index (χ1v) is 10.2. The van der Waals surface area contributed by atoms with E-state index in [9.17, 15) is 4.79 Å². The van der Waals surface area contributed by atoms with Gasteiger partial charge in [0.05, 0.1) is 11.0 Å². The fourth-order valence-electron chi connectivity index (χ4n) is 3.59. The molecule has 0 spiro atoms. The molecule has 0 saturated carbocycles. The van der Waals surface area contributed by atoms with E-state index in [-0.39, 0.29) is 11.2 Å². The summed E-state index contributed by atoms with van der Waals surface area (Å²) in [5.74, 6) is 0.873. The number of carbonyl (C=O) groups excluding carboxylic acids is 1. The van der Waals surface area contributed by atoms with Crippen molar-refractivity contribution in [1.82, 2.24) is 9.97 Å². The molecule has 0 unspecified atom stereocenters. The van der Waals surface area contributed by atoms with E-state index in [2.05, 4.69) is 67.1 Å². The molecule has 1 heterocycles. The zero-order chi connectivity index (χ0) is 21.3. The van der Waals surface area contributed by atoms with Gasteiger partial charge in [0.15, 0.2) is 5.78 Å². The van der Waals surface area contributed by atoms with Gasteiger partial charge in [-0.15, -0.1) is 0 Å². The van der Waals surface area contributed by atoms with Crippen LogP contribution >= 0.6 is 0 Å². The van der Waals surface area contributed by atoms with Crippen LogP contribution in [-0.4, -0.2) is 15.8 Å². The summed E-state index contributed by atoms with van der Waals surface area (Å²) in [6.07, 6.45) is 4.06. The van der Waals surface area contributed by atoms with Gasteiger partial charge in [-0.1, -0.05) is 81.4 Å². The zero-order valence-corrected chi connectivity index (χ0v) is 17.9. The Bertz CT molecular complexity index is 1240. The molecule has 3 heteroatoms. The molecule has 0 aliphatic rings. The molecule has 0 radical (unpaired) electrons. The monoisotopic (exact) mass is 394 g/mol. The van der Waals surface area contributed by atoms with Crippen molar-refractivity contribution in [2.24, 2.45) is 0 Å². The molecule has 0 atom stereocenters. The fraction of sp³-hybridized carbons (Fsp3) is 0.185. The minimum atomic E-state index is 0.0661. The van der Waals surface area contributed by atoms with Crippen molar-refractivity contribution in [3.8, 4) is 11.1 Å². The van der Waals surface area contributed by atoms with E-state index < -0.39 is 0 Å². The van der Waals surface area contributed by atoms with Gasteiger partial charge < -0.3 is 4.98 Å². The van der Waals surface area contributed by atoms with Gasteiger partial charge in [-0.2, -0.15) is 0 Å². The lowest BCUT2D eigenvalue weighted by Crippen LogP contribution is -2.10. The summed E-state index contributed by atoms with van der Waals surface area (Å²) >= 11 is 0. The van der Waals surface area contributed by atoms with E-state index in [0.29, 0.717) is 0 Å². The summed E-state index contributed by atoms with van der Waals surface area (Å²) in [6.45, 7) is 8.25. The van der Waals surface area contributed by atoms with Crippen molar-refractivity contribution < 1.29 is 4.79 Å². The number of aromatic amines is 1.